The highest BCUT2D eigenvalue weighted by molar-refractivity contribution is 6.33. The van der Waals surface area contributed by atoms with Gasteiger partial charge in [0.25, 0.3) is 5.91 Å². The Labute approximate surface area is 232 Å². The number of rotatable bonds is 6. The molecule has 1 aromatic heterocycles. The van der Waals surface area contributed by atoms with Gasteiger partial charge in [-0.15, -0.1) is 0 Å². The number of benzene rings is 2. The van der Waals surface area contributed by atoms with Gasteiger partial charge >= 0.3 is 0 Å². The first-order valence-corrected chi connectivity index (χ1v) is 13.3. The maximum absolute atomic E-state index is 12.9. The number of aromatic nitrogens is 2. The second kappa shape index (κ2) is 10.6. The highest BCUT2D eigenvalue weighted by atomic mass is 35.5. The van der Waals surface area contributed by atoms with Gasteiger partial charge in [0.2, 0.25) is 5.95 Å². The lowest BCUT2D eigenvalue weighted by molar-refractivity contribution is 0.0711. The van der Waals surface area contributed by atoms with Crippen molar-refractivity contribution in [1.82, 2.24) is 19.8 Å². The summed E-state index contributed by atoms with van der Waals surface area (Å²) in [4.78, 5) is 28.1. The van der Waals surface area contributed by atoms with Crippen molar-refractivity contribution in [1.29, 1.82) is 0 Å². The molecule has 10 nitrogen and oxygen atoms in total. The van der Waals surface area contributed by atoms with Gasteiger partial charge in [0.05, 0.1) is 49.2 Å². The first kappa shape index (κ1) is 25.3. The summed E-state index contributed by atoms with van der Waals surface area (Å²) in [5, 5.41) is 6.84. The van der Waals surface area contributed by atoms with E-state index in [0.29, 0.717) is 46.9 Å². The highest BCUT2D eigenvalue weighted by Gasteiger charge is 2.25. The number of nitrogens with zero attached hydrogens (tertiary/aromatic N) is 5. The molecular formula is C28H30ClN7O3. The monoisotopic (exact) mass is 547 g/mol. The maximum Gasteiger partial charge on any atom is 0.255 e. The number of methoxy groups -OCH3 is 1. The van der Waals surface area contributed by atoms with Crippen LogP contribution >= 0.6 is 11.6 Å². The van der Waals surface area contributed by atoms with Crippen LogP contribution in [0.3, 0.4) is 0 Å². The number of anilines is 5. The number of hydrogen-bond donors (Lipinski definition) is 2. The molecule has 0 spiro atoms. The van der Waals surface area contributed by atoms with E-state index in [1.807, 2.05) is 43.4 Å². The molecule has 202 valence electrons. The fourth-order valence-corrected chi connectivity index (χ4v) is 5.25. The van der Waals surface area contributed by atoms with Gasteiger partial charge in [-0.2, -0.15) is 4.98 Å². The van der Waals surface area contributed by atoms with Crippen molar-refractivity contribution < 1.29 is 14.3 Å². The van der Waals surface area contributed by atoms with E-state index < -0.39 is 0 Å². The third kappa shape index (κ3) is 5.05. The van der Waals surface area contributed by atoms with Crippen molar-refractivity contribution in [2.24, 2.45) is 0 Å². The van der Waals surface area contributed by atoms with Crippen LogP contribution in [0.15, 0.2) is 54.5 Å². The summed E-state index contributed by atoms with van der Waals surface area (Å²) in [5.74, 6) is 1.38. The Morgan fingerprint density at radius 1 is 1.08 bits per heavy atom. The number of halogens is 1. The van der Waals surface area contributed by atoms with Gasteiger partial charge in [-0.05, 0) is 30.2 Å². The van der Waals surface area contributed by atoms with Crippen LogP contribution < -0.4 is 20.3 Å². The summed E-state index contributed by atoms with van der Waals surface area (Å²) in [7, 11) is 3.44. The van der Waals surface area contributed by atoms with Crippen LogP contribution in [-0.2, 0) is 11.2 Å². The number of morpholine rings is 1. The number of hydrogen-bond acceptors (Lipinski definition) is 9. The van der Waals surface area contributed by atoms with E-state index >= 15 is 0 Å². The molecule has 0 radical (unpaired) electrons. The van der Waals surface area contributed by atoms with Gasteiger partial charge in [-0.25, -0.2) is 4.98 Å². The molecule has 1 fully saturated rings. The standard InChI is InChI=1S/C28H30ClN7O3/c1-34-9-8-18-4-3-5-23(25(18)27(34)37)31-26-21(29)15-30-28(33-26)32-22-7-6-19(14-24(22)38-2)36-11-10-35-12-13-39-17-20(35)16-36/h3-7,14-16H,8-13,17H2,1-2H3,(H2,30,31,32,33). The van der Waals surface area contributed by atoms with Crippen LogP contribution in [0.2, 0.25) is 5.02 Å². The molecule has 39 heavy (non-hydrogen) atoms. The highest BCUT2D eigenvalue weighted by Crippen LogP contribution is 2.34. The lowest BCUT2D eigenvalue weighted by Gasteiger charge is -2.39. The molecule has 4 heterocycles. The average Bonchev–Trinajstić information content (AvgIpc) is 2.96. The van der Waals surface area contributed by atoms with Gasteiger partial charge in [-0.1, -0.05) is 23.7 Å². The molecule has 1 amide bonds. The molecule has 3 aliphatic rings. The molecule has 0 saturated carbocycles. The first-order chi connectivity index (χ1) is 19.0. The van der Waals surface area contributed by atoms with Gasteiger partial charge in [-0.3, -0.25) is 4.79 Å². The molecular weight excluding hydrogens is 518 g/mol. The number of ether oxygens (including phenoxy) is 2. The van der Waals surface area contributed by atoms with Crippen molar-refractivity contribution in [3.8, 4) is 5.75 Å². The zero-order valence-corrected chi connectivity index (χ0v) is 22.7. The van der Waals surface area contributed by atoms with Crippen LogP contribution in [0.4, 0.5) is 28.8 Å². The zero-order valence-electron chi connectivity index (χ0n) is 21.9. The SMILES string of the molecule is COc1cc(N2C=C3COCCN3CC2)ccc1Nc1ncc(Cl)c(Nc2cccc3c2C(=O)N(C)CC3)n1. The summed E-state index contributed by atoms with van der Waals surface area (Å²) < 4.78 is 11.3. The van der Waals surface area contributed by atoms with E-state index in [-0.39, 0.29) is 5.91 Å². The Morgan fingerprint density at radius 3 is 2.85 bits per heavy atom. The van der Waals surface area contributed by atoms with Crippen molar-refractivity contribution in [2.45, 2.75) is 6.42 Å². The lowest BCUT2D eigenvalue weighted by atomic mass is 9.97. The Kier molecular flexibility index (Phi) is 6.88. The van der Waals surface area contributed by atoms with E-state index in [1.54, 1.807) is 12.0 Å². The molecule has 3 aromatic rings. The third-order valence-corrected chi connectivity index (χ3v) is 7.54. The molecule has 1 saturated heterocycles. The summed E-state index contributed by atoms with van der Waals surface area (Å²) in [6.07, 6.45) is 4.48. The number of carbonyl (C=O) groups excluding carboxylic acids is 1. The molecule has 2 N–H and O–H groups in total. The quantitative estimate of drug-likeness (QED) is 0.469. The van der Waals surface area contributed by atoms with Crippen molar-refractivity contribution in [3.63, 3.8) is 0 Å². The molecule has 0 bridgehead atoms. The van der Waals surface area contributed by atoms with Crippen LogP contribution in [0.25, 0.3) is 0 Å². The zero-order chi connectivity index (χ0) is 26.9. The molecule has 0 atom stereocenters. The summed E-state index contributed by atoms with van der Waals surface area (Å²) in [5.41, 5.74) is 5.24. The normalized spacial score (nSPS) is 16.8. The van der Waals surface area contributed by atoms with Crippen molar-refractivity contribution >= 4 is 46.3 Å². The predicted molar refractivity (Wildman–Crippen MR) is 152 cm³/mol. The van der Waals surface area contributed by atoms with E-state index in [1.165, 1.54) is 11.9 Å². The predicted octanol–water partition coefficient (Wildman–Crippen LogP) is 4.25. The number of fused-ring (bicyclic) bond motifs is 2. The summed E-state index contributed by atoms with van der Waals surface area (Å²) in [6, 6.07) is 11.7. The minimum absolute atomic E-state index is 0.0271. The average molecular weight is 548 g/mol. The van der Waals surface area contributed by atoms with E-state index in [9.17, 15) is 4.79 Å². The van der Waals surface area contributed by atoms with Gasteiger partial charge in [0, 0.05) is 51.2 Å². The Morgan fingerprint density at radius 2 is 1.97 bits per heavy atom. The second-order valence-electron chi connectivity index (χ2n) is 9.69. The van der Waals surface area contributed by atoms with Crippen molar-refractivity contribution in [2.75, 3.05) is 69.1 Å². The molecule has 2 aromatic carbocycles. The number of carbonyl (C=O) groups is 1. The Bertz CT molecular complexity index is 1450. The number of nitrogens with one attached hydrogen (secondary N) is 2. The number of likely N-dealkylation sites (N-methyl/N-ethyl adjacent to an activating group) is 1. The summed E-state index contributed by atoms with van der Waals surface area (Å²) >= 11 is 6.45. The molecule has 6 rings (SSSR count). The topological polar surface area (TPSA) is 95.1 Å². The third-order valence-electron chi connectivity index (χ3n) is 7.27. The molecule has 3 aliphatic heterocycles. The molecule has 0 unspecified atom stereocenters. The van der Waals surface area contributed by atoms with E-state index in [2.05, 4.69) is 36.6 Å². The molecule has 11 heteroatoms. The van der Waals surface area contributed by atoms with Crippen LogP contribution in [0.5, 0.6) is 5.75 Å². The van der Waals surface area contributed by atoms with Gasteiger partial charge in [0.15, 0.2) is 5.82 Å². The van der Waals surface area contributed by atoms with E-state index in [4.69, 9.17) is 21.1 Å². The molecule has 0 aliphatic carbocycles. The van der Waals surface area contributed by atoms with Crippen LogP contribution in [0.1, 0.15) is 15.9 Å². The van der Waals surface area contributed by atoms with E-state index in [0.717, 1.165) is 49.6 Å². The Balaban J connectivity index is 1.23. The fraction of sp³-hybridized carbons (Fsp3) is 0.321. The van der Waals surface area contributed by atoms with Crippen LogP contribution in [-0.4, -0.2) is 79.2 Å². The largest absolute Gasteiger partial charge is 0.494 e. The lowest BCUT2D eigenvalue weighted by Crippen LogP contribution is -2.44. The minimum Gasteiger partial charge on any atom is -0.494 e. The minimum atomic E-state index is -0.0271. The maximum atomic E-state index is 12.9. The smallest absolute Gasteiger partial charge is 0.255 e. The summed E-state index contributed by atoms with van der Waals surface area (Å²) in [6.45, 7) is 4.88. The van der Waals surface area contributed by atoms with Crippen LogP contribution in [0, 0.1) is 0 Å². The van der Waals surface area contributed by atoms with Gasteiger partial charge in [0.1, 0.15) is 10.8 Å². The second-order valence-corrected chi connectivity index (χ2v) is 10.1. The first-order valence-electron chi connectivity index (χ1n) is 12.9. The Hall–Kier alpha value is -4.02. The number of amides is 1. The van der Waals surface area contributed by atoms with Crippen molar-refractivity contribution in [3.05, 3.63) is 70.6 Å². The fourth-order valence-electron chi connectivity index (χ4n) is 5.11. The van der Waals surface area contributed by atoms with Gasteiger partial charge < -0.3 is 34.8 Å².